The topological polar surface area (TPSA) is 61.9 Å². The average molecular weight is 393 g/mol. The van der Waals surface area contributed by atoms with Crippen LogP contribution in [0.4, 0.5) is 0 Å². The van der Waals surface area contributed by atoms with Gasteiger partial charge in [-0.25, -0.2) is 0 Å². The highest BCUT2D eigenvalue weighted by molar-refractivity contribution is 5.88. The highest BCUT2D eigenvalue weighted by atomic mass is 16.5. The van der Waals surface area contributed by atoms with E-state index in [0.29, 0.717) is 19.7 Å². The Hall–Kier alpha value is -2.70. The molecule has 2 amide bonds. The molecule has 2 aromatic rings. The van der Waals surface area contributed by atoms with Crippen molar-refractivity contribution in [3.05, 3.63) is 71.3 Å². The standard InChI is InChI=1S/C23H27N3O3/c27-21(26-13-11-25(12-14-26)17-18-6-2-1-3-7-18)16-24-23(28)22-20-9-5-4-8-19(20)10-15-29-22/h1-9,22H,10-17H2,(H,24,28). The minimum atomic E-state index is -0.629. The summed E-state index contributed by atoms with van der Waals surface area (Å²) in [5.74, 6) is -0.282. The van der Waals surface area contributed by atoms with Gasteiger partial charge in [-0.05, 0) is 23.1 Å². The first-order valence-electron chi connectivity index (χ1n) is 10.2. The number of ether oxygens (including phenoxy) is 1. The van der Waals surface area contributed by atoms with E-state index in [9.17, 15) is 9.59 Å². The quantitative estimate of drug-likeness (QED) is 0.841. The maximum Gasteiger partial charge on any atom is 0.254 e. The van der Waals surface area contributed by atoms with Crippen molar-refractivity contribution in [3.8, 4) is 0 Å². The van der Waals surface area contributed by atoms with E-state index in [4.69, 9.17) is 4.74 Å². The van der Waals surface area contributed by atoms with Crippen molar-refractivity contribution < 1.29 is 14.3 Å². The van der Waals surface area contributed by atoms with E-state index < -0.39 is 6.10 Å². The fourth-order valence-corrected chi connectivity index (χ4v) is 3.98. The van der Waals surface area contributed by atoms with Crippen LogP contribution in [-0.4, -0.2) is 60.9 Å². The third-order valence-corrected chi connectivity index (χ3v) is 5.62. The van der Waals surface area contributed by atoms with Gasteiger partial charge in [0.15, 0.2) is 6.10 Å². The summed E-state index contributed by atoms with van der Waals surface area (Å²) in [6.07, 6.45) is 0.182. The molecule has 1 N–H and O–H groups in total. The van der Waals surface area contributed by atoms with E-state index in [1.807, 2.05) is 47.4 Å². The fraction of sp³-hybridized carbons (Fsp3) is 0.391. The molecule has 6 nitrogen and oxygen atoms in total. The molecule has 0 radical (unpaired) electrons. The number of benzene rings is 2. The largest absolute Gasteiger partial charge is 0.363 e. The predicted octanol–water partition coefficient (Wildman–Crippen LogP) is 1.76. The smallest absolute Gasteiger partial charge is 0.254 e. The number of nitrogens with one attached hydrogen (secondary N) is 1. The van der Waals surface area contributed by atoms with Gasteiger partial charge in [-0.1, -0.05) is 54.6 Å². The van der Waals surface area contributed by atoms with Crippen molar-refractivity contribution >= 4 is 11.8 Å². The maximum atomic E-state index is 12.6. The number of hydrogen-bond donors (Lipinski definition) is 1. The lowest BCUT2D eigenvalue weighted by Gasteiger charge is -2.35. The summed E-state index contributed by atoms with van der Waals surface area (Å²) < 4.78 is 5.67. The number of carbonyl (C=O) groups excluding carboxylic acids is 2. The van der Waals surface area contributed by atoms with Gasteiger partial charge in [0.1, 0.15) is 0 Å². The molecule has 6 heteroatoms. The Balaban J connectivity index is 1.24. The van der Waals surface area contributed by atoms with Crippen molar-refractivity contribution in [1.82, 2.24) is 15.1 Å². The lowest BCUT2D eigenvalue weighted by molar-refractivity contribution is -0.139. The SMILES string of the molecule is O=C(NCC(=O)N1CCN(Cc2ccccc2)CC1)C1OCCc2ccccc21. The molecular formula is C23H27N3O3. The molecule has 1 unspecified atom stereocenters. The van der Waals surface area contributed by atoms with Gasteiger partial charge >= 0.3 is 0 Å². The van der Waals surface area contributed by atoms with E-state index in [1.165, 1.54) is 5.56 Å². The fourth-order valence-electron chi connectivity index (χ4n) is 3.98. The van der Waals surface area contributed by atoms with Crippen LogP contribution in [0.1, 0.15) is 22.8 Å². The van der Waals surface area contributed by atoms with Crippen LogP contribution in [0.5, 0.6) is 0 Å². The van der Waals surface area contributed by atoms with Gasteiger partial charge in [-0.15, -0.1) is 0 Å². The highest BCUT2D eigenvalue weighted by Gasteiger charge is 2.28. The minimum Gasteiger partial charge on any atom is -0.363 e. The van der Waals surface area contributed by atoms with Crippen LogP contribution < -0.4 is 5.32 Å². The lowest BCUT2D eigenvalue weighted by atomic mass is 9.97. The second kappa shape index (κ2) is 9.20. The summed E-state index contributed by atoms with van der Waals surface area (Å²) in [6, 6.07) is 18.2. The zero-order valence-corrected chi connectivity index (χ0v) is 16.5. The second-order valence-corrected chi connectivity index (χ2v) is 7.56. The number of rotatable bonds is 5. The molecular weight excluding hydrogens is 366 g/mol. The van der Waals surface area contributed by atoms with Gasteiger partial charge in [0.05, 0.1) is 13.2 Å². The normalized spacial score (nSPS) is 19.4. The summed E-state index contributed by atoms with van der Waals surface area (Å²) in [6.45, 7) is 4.49. The molecule has 1 atom stereocenters. The number of piperazine rings is 1. The van der Waals surface area contributed by atoms with Crippen molar-refractivity contribution in [1.29, 1.82) is 0 Å². The Morgan fingerprint density at radius 3 is 2.48 bits per heavy atom. The van der Waals surface area contributed by atoms with Gasteiger partial charge in [0.2, 0.25) is 5.91 Å². The Bertz CT molecular complexity index is 847. The number of hydrogen-bond acceptors (Lipinski definition) is 4. The van der Waals surface area contributed by atoms with Crippen LogP contribution in [0, 0.1) is 0 Å². The number of nitrogens with zero attached hydrogens (tertiary/aromatic N) is 2. The number of fused-ring (bicyclic) bond motifs is 1. The Morgan fingerprint density at radius 2 is 1.69 bits per heavy atom. The predicted molar refractivity (Wildman–Crippen MR) is 110 cm³/mol. The monoisotopic (exact) mass is 393 g/mol. The van der Waals surface area contributed by atoms with E-state index in [-0.39, 0.29) is 18.4 Å². The van der Waals surface area contributed by atoms with Crippen LogP contribution in [0.25, 0.3) is 0 Å². The van der Waals surface area contributed by atoms with Crippen LogP contribution in [-0.2, 0) is 27.3 Å². The molecule has 152 valence electrons. The average Bonchev–Trinajstić information content (AvgIpc) is 2.78. The van der Waals surface area contributed by atoms with Gasteiger partial charge in [0.25, 0.3) is 5.91 Å². The molecule has 4 rings (SSSR count). The Labute approximate surface area is 171 Å². The molecule has 2 heterocycles. The first-order valence-corrected chi connectivity index (χ1v) is 10.2. The summed E-state index contributed by atoms with van der Waals surface area (Å²) in [5, 5.41) is 2.77. The molecule has 0 aliphatic carbocycles. The van der Waals surface area contributed by atoms with Crippen molar-refractivity contribution in [2.24, 2.45) is 0 Å². The van der Waals surface area contributed by atoms with E-state index in [2.05, 4.69) is 22.3 Å². The van der Waals surface area contributed by atoms with Crippen LogP contribution >= 0.6 is 0 Å². The van der Waals surface area contributed by atoms with E-state index >= 15 is 0 Å². The van der Waals surface area contributed by atoms with Crippen LogP contribution in [0.3, 0.4) is 0 Å². The molecule has 0 aromatic heterocycles. The zero-order valence-electron chi connectivity index (χ0n) is 16.5. The van der Waals surface area contributed by atoms with Crippen LogP contribution in [0.2, 0.25) is 0 Å². The third-order valence-electron chi connectivity index (χ3n) is 5.62. The molecule has 2 aromatic carbocycles. The molecule has 0 saturated carbocycles. The molecule has 1 fully saturated rings. The number of amides is 2. The van der Waals surface area contributed by atoms with E-state index in [0.717, 1.165) is 37.2 Å². The molecule has 2 aliphatic rings. The van der Waals surface area contributed by atoms with Crippen molar-refractivity contribution in [2.45, 2.75) is 19.1 Å². The van der Waals surface area contributed by atoms with Gasteiger partial charge in [-0.3, -0.25) is 14.5 Å². The molecule has 0 spiro atoms. The van der Waals surface area contributed by atoms with Crippen molar-refractivity contribution in [2.75, 3.05) is 39.3 Å². The Morgan fingerprint density at radius 1 is 0.966 bits per heavy atom. The minimum absolute atomic E-state index is 0.0134. The van der Waals surface area contributed by atoms with Crippen LogP contribution in [0.15, 0.2) is 54.6 Å². The lowest BCUT2D eigenvalue weighted by Crippen LogP contribution is -2.51. The van der Waals surface area contributed by atoms with E-state index in [1.54, 1.807) is 0 Å². The highest BCUT2D eigenvalue weighted by Crippen LogP contribution is 2.26. The molecule has 1 saturated heterocycles. The van der Waals surface area contributed by atoms with Crippen molar-refractivity contribution in [3.63, 3.8) is 0 Å². The third kappa shape index (κ3) is 4.83. The van der Waals surface area contributed by atoms with Gasteiger partial charge in [0, 0.05) is 32.7 Å². The van der Waals surface area contributed by atoms with Gasteiger partial charge < -0.3 is 15.0 Å². The summed E-state index contributed by atoms with van der Waals surface area (Å²) in [4.78, 5) is 29.3. The second-order valence-electron chi connectivity index (χ2n) is 7.56. The summed E-state index contributed by atoms with van der Waals surface area (Å²) >= 11 is 0. The number of carbonyl (C=O) groups is 2. The summed E-state index contributed by atoms with van der Waals surface area (Å²) in [7, 11) is 0. The zero-order chi connectivity index (χ0) is 20.1. The van der Waals surface area contributed by atoms with Gasteiger partial charge in [-0.2, -0.15) is 0 Å². The molecule has 0 bridgehead atoms. The first-order chi connectivity index (χ1) is 14.2. The molecule has 2 aliphatic heterocycles. The Kier molecular flexibility index (Phi) is 6.22. The molecule has 29 heavy (non-hydrogen) atoms. The summed E-state index contributed by atoms with van der Waals surface area (Å²) in [5.41, 5.74) is 3.32. The first kappa shape index (κ1) is 19.6. The maximum absolute atomic E-state index is 12.6.